The summed E-state index contributed by atoms with van der Waals surface area (Å²) >= 11 is 0. The van der Waals surface area contributed by atoms with Crippen LogP contribution in [0, 0.1) is 0 Å². The monoisotopic (exact) mass is 351 g/mol. The first-order chi connectivity index (χ1) is 11.5. The fourth-order valence-electron chi connectivity index (χ4n) is 2.49. The first kappa shape index (κ1) is 18.3. The fourth-order valence-corrected chi connectivity index (χ4v) is 3.00. The Balaban J connectivity index is 1.89. The molecule has 2 aromatic carbocycles. The second-order valence-corrected chi connectivity index (χ2v) is 6.93. The lowest BCUT2D eigenvalue weighted by Crippen LogP contribution is -2.83. The molecule has 0 aromatic heterocycles. The first-order valence-corrected chi connectivity index (χ1v) is 9.13. The zero-order valence-electron chi connectivity index (χ0n) is 13.9. The number of quaternary nitrogens is 1. The van der Waals surface area contributed by atoms with Crippen molar-refractivity contribution in [1.82, 2.24) is 0 Å². The molecule has 0 bridgehead atoms. The van der Waals surface area contributed by atoms with Crippen LogP contribution < -0.4 is 19.9 Å². The van der Waals surface area contributed by atoms with Crippen molar-refractivity contribution in [3.05, 3.63) is 53.6 Å². The third-order valence-corrected chi connectivity index (χ3v) is 4.67. The van der Waals surface area contributed by atoms with Crippen molar-refractivity contribution in [2.75, 3.05) is 20.8 Å². The van der Waals surface area contributed by atoms with Crippen LogP contribution in [0.3, 0.4) is 0 Å². The molecule has 0 saturated carbocycles. The third-order valence-electron chi connectivity index (χ3n) is 3.74. The maximum atomic E-state index is 11.2. The molecule has 2 aromatic rings. The Bertz CT molecular complexity index is 774. The van der Waals surface area contributed by atoms with E-state index in [-0.39, 0.29) is 4.90 Å². The van der Waals surface area contributed by atoms with Crippen LogP contribution in [-0.4, -0.2) is 29.2 Å². The van der Waals surface area contributed by atoms with Gasteiger partial charge in [-0.05, 0) is 29.8 Å². The van der Waals surface area contributed by atoms with Crippen LogP contribution in [0.4, 0.5) is 0 Å². The van der Waals surface area contributed by atoms with E-state index in [2.05, 4.69) is 5.32 Å². The van der Waals surface area contributed by atoms with E-state index in [0.717, 1.165) is 42.1 Å². The van der Waals surface area contributed by atoms with Gasteiger partial charge >= 0.3 is 0 Å². The summed E-state index contributed by atoms with van der Waals surface area (Å²) in [5.74, 6) is 1.48. The van der Waals surface area contributed by atoms with E-state index in [9.17, 15) is 8.42 Å². The number of hydrogen-bond acceptors (Lipinski definition) is 4. The lowest BCUT2D eigenvalue weighted by atomic mass is 10.1. The van der Waals surface area contributed by atoms with Gasteiger partial charge in [-0.1, -0.05) is 18.2 Å². The molecule has 6 nitrogen and oxygen atoms in total. The molecule has 0 unspecified atom stereocenters. The van der Waals surface area contributed by atoms with Crippen LogP contribution in [0.1, 0.15) is 11.1 Å². The molecule has 0 aliphatic rings. The molecular formula is C17H23N2O4S+. The quantitative estimate of drug-likeness (QED) is 0.683. The van der Waals surface area contributed by atoms with Crippen LogP contribution in [-0.2, 0) is 23.0 Å². The zero-order valence-corrected chi connectivity index (χ0v) is 14.7. The molecule has 2 rings (SSSR count). The highest BCUT2D eigenvalue weighted by atomic mass is 32.2. The average molecular weight is 351 g/mol. The molecular weight excluding hydrogens is 328 g/mol. The van der Waals surface area contributed by atoms with Crippen molar-refractivity contribution in [3.8, 4) is 11.5 Å². The summed E-state index contributed by atoms with van der Waals surface area (Å²) in [4.78, 5) is 0.136. The standard InChI is InChI=1S/C17H22N2O4S/c1-22-16-5-3-4-14(17(16)23-2)12-19-11-10-13-6-8-15(9-7-13)24(18,20)21/h3-9,19H,10-12H2,1-2H3,(H2,18,20,21)/p+1. The molecule has 0 radical (unpaired) electrons. The predicted octanol–water partition coefficient (Wildman–Crippen LogP) is 0.657. The molecule has 0 aliphatic heterocycles. The van der Waals surface area contributed by atoms with Gasteiger partial charge in [-0.25, -0.2) is 13.6 Å². The largest absolute Gasteiger partial charge is 0.493 e. The van der Waals surface area contributed by atoms with Gasteiger partial charge in [-0.2, -0.15) is 0 Å². The minimum atomic E-state index is -3.63. The maximum absolute atomic E-state index is 11.2. The lowest BCUT2D eigenvalue weighted by Gasteiger charge is -2.11. The second-order valence-electron chi connectivity index (χ2n) is 5.37. The van der Waals surface area contributed by atoms with Gasteiger partial charge in [0.25, 0.3) is 0 Å². The maximum Gasteiger partial charge on any atom is 0.238 e. The Hall–Kier alpha value is -2.09. The fraction of sp³-hybridized carbons (Fsp3) is 0.294. The van der Waals surface area contributed by atoms with E-state index in [4.69, 9.17) is 14.6 Å². The Labute approximate surface area is 142 Å². The highest BCUT2D eigenvalue weighted by Crippen LogP contribution is 2.29. The van der Waals surface area contributed by atoms with Crippen LogP contribution in [0.5, 0.6) is 11.5 Å². The molecule has 0 saturated heterocycles. The third kappa shape index (κ3) is 4.70. The predicted molar refractivity (Wildman–Crippen MR) is 91.6 cm³/mol. The van der Waals surface area contributed by atoms with Crippen LogP contribution in [0.25, 0.3) is 0 Å². The van der Waals surface area contributed by atoms with E-state index in [0.29, 0.717) is 0 Å². The number of para-hydroxylation sites is 1. The molecule has 0 fully saturated rings. The van der Waals surface area contributed by atoms with Crippen molar-refractivity contribution < 1.29 is 23.2 Å². The Morgan fingerprint density at radius 2 is 1.75 bits per heavy atom. The van der Waals surface area contributed by atoms with Gasteiger partial charge in [0.1, 0.15) is 6.54 Å². The molecule has 0 spiro atoms. The summed E-state index contributed by atoms with van der Waals surface area (Å²) < 4.78 is 33.2. The number of benzene rings is 2. The van der Waals surface area contributed by atoms with E-state index in [1.54, 1.807) is 26.4 Å². The minimum absolute atomic E-state index is 0.136. The second kappa shape index (κ2) is 8.14. The number of rotatable bonds is 8. The Morgan fingerprint density at radius 3 is 2.33 bits per heavy atom. The molecule has 0 amide bonds. The molecule has 4 N–H and O–H groups in total. The lowest BCUT2D eigenvalue weighted by molar-refractivity contribution is -0.670. The summed E-state index contributed by atoms with van der Waals surface area (Å²) in [7, 11) is -0.374. The van der Waals surface area contributed by atoms with Crippen molar-refractivity contribution >= 4 is 10.0 Å². The number of hydrogen-bond donors (Lipinski definition) is 2. The van der Waals surface area contributed by atoms with Gasteiger partial charge in [0.15, 0.2) is 11.5 Å². The van der Waals surface area contributed by atoms with E-state index < -0.39 is 10.0 Å². The summed E-state index contributed by atoms with van der Waals surface area (Å²) in [6, 6.07) is 12.5. The minimum Gasteiger partial charge on any atom is -0.493 e. The van der Waals surface area contributed by atoms with Crippen molar-refractivity contribution in [2.24, 2.45) is 5.14 Å². The highest BCUT2D eigenvalue weighted by molar-refractivity contribution is 7.89. The number of sulfonamides is 1. The topological polar surface area (TPSA) is 95.2 Å². The average Bonchev–Trinajstić information content (AvgIpc) is 2.58. The molecule has 0 heterocycles. The smallest absolute Gasteiger partial charge is 0.238 e. The number of methoxy groups -OCH3 is 2. The summed E-state index contributed by atoms with van der Waals surface area (Å²) in [6.07, 6.45) is 0.831. The number of nitrogens with two attached hydrogens (primary N) is 2. The number of primary sulfonamides is 1. The highest BCUT2D eigenvalue weighted by Gasteiger charge is 2.11. The van der Waals surface area contributed by atoms with Gasteiger partial charge < -0.3 is 14.8 Å². The van der Waals surface area contributed by atoms with Crippen LogP contribution >= 0.6 is 0 Å². The van der Waals surface area contributed by atoms with Gasteiger partial charge in [0.05, 0.1) is 31.2 Å². The van der Waals surface area contributed by atoms with Crippen molar-refractivity contribution in [2.45, 2.75) is 17.9 Å². The molecule has 24 heavy (non-hydrogen) atoms. The van der Waals surface area contributed by atoms with E-state index >= 15 is 0 Å². The summed E-state index contributed by atoms with van der Waals surface area (Å²) in [5, 5.41) is 7.26. The molecule has 0 atom stereocenters. The molecule has 130 valence electrons. The zero-order chi connectivity index (χ0) is 17.6. The van der Waals surface area contributed by atoms with Crippen LogP contribution in [0.2, 0.25) is 0 Å². The van der Waals surface area contributed by atoms with Crippen molar-refractivity contribution in [3.63, 3.8) is 0 Å². The Kier molecular flexibility index (Phi) is 6.19. The van der Waals surface area contributed by atoms with E-state index in [1.165, 1.54) is 12.1 Å². The van der Waals surface area contributed by atoms with E-state index in [1.807, 2.05) is 18.2 Å². The summed E-state index contributed by atoms with van der Waals surface area (Å²) in [6.45, 7) is 1.64. The molecule has 7 heteroatoms. The van der Waals surface area contributed by atoms with Gasteiger partial charge in [0, 0.05) is 6.42 Å². The first-order valence-electron chi connectivity index (χ1n) is 7.59. The van der Waals surface area contributed by atoms with Crippen molar-refractivity contribution in [1.29, 1.82) is 0 Å². The van der Waals surface area contributed by atoms with Gasteiger partial charge in [-0.15, -0.1) is 0 Å². The number of ether oxygens (including phenoxy) is 2. The SMILES string of the molecule is COc1cccc(C[NH2+]CCc2ccc(S(N)(=O)=O)cc2)c1OC. The van der Waals surface area contributed by atoms with Gasteiger partial charge in [-0.3, -0.25) is 0 Å². The summed E-state index contributed by atoms with van der Waals surface area (Å²) in [5.41, 5.74) is 2.14. The Morgan fingerprint density at radius 1 is 1.04 bits per heavy atom. The molecule has 0 aliphatic carbocycles. The van der Waals surface area contributed by atoms with Gasteiger partial charge in [0.2, 0.25) is 10.0 Å². The van der Waals surface area contributed by atoms with Crippen LogP contribution in [0.15, 0.2) is 47.4 Å². The normalized spacial score (nSPS) is 11.3.